The lowest BCUT2D eigenvalue weighted by Gasteiger charge is -2.09. The maximum atomic E-state index is 12.2. The second kappa shape index (κ2) is 8.28. The first-order chi connectivity index (χ1) is 13.0. The number of nitrogens with zero attached hydrogens (tertiary/aromatic N) is 3. The van der Waals surface area contributed by atoms with Gasteiger partial charge < -0.3 is 14.8 Å². The van der Waals surface area contributed by atoms with Crippen LogP contribution in [-0.2, 0) is 11.3 Å². The lowest BCUT2D eigenvalue weighted by Crippen LogP contribution is -2.15. The summed E-state index contributed by atoms with van der Waals surface area (Å²) in [5.41, 5.74) is 0.284. The molecule has 27 heavy (non-hydrogen) atoms. The van der Waals surface area contributed by atoms with Gasteiger partial charge in [0.25, 0.3) is 0 Å². The third-order valence-electron chi connectivity index (χ3n) is 3.59. The average Bonchev–Trinajstić information content (AvgIpc) is 3.30. The van der Waals surface area contributed by atoms with E-state index in [0.29, 0.717) is 23.3 Å². The molecule has 0 unspecified atom stereocenters. The quantitative estimate of drug-likeness (QED) is 0.576. The van der Waals surface area contributed by atoms with E-state index in [0.717, 1.165) is 0 Å². The van der Waals surface area contributed by atoms with Gasteiger partial charge in [0, 0.05) is 6.54 Å². The van der Waals surface area contributed by atoms with Crippen molar-refractivity contribution in [1.82, 2.24) is 14.8 Å². The molecular formula is C17H15ClN4O4S. The molecule has 1 amide bonds. The van der Waals surface area contributed by atoms with Gasteiger partial charge in [-0.2, -0.15) is 0 Å². The Hall–Kier alpha value is -2.78. The molecule has 2 heterocycles. The molecule has 0 aliphatic heterocycles. The van der Waals surface area contributed by atoms with Crippen molar-refractivity contribution >= 4 is 40.9 Å². The van der Waals surface area contributed by atoms with Crippen molar-refractivity contribution in [1.29, 1.82) is 0 Å². The van der Waals surface area contributed by atoms with Crippen LogP contribution in [0, 0.1) is 0 Å². The van der Waals surface area contributed by atoms with Gasteiger partial charge in [0.15, 0.2) is 16.7 Å². The van der Waals surface area contributed by atoms with E-state index in [1.165, 1.54) is 30.0 Å². The normalized spacial score (nSPS) is 10.7. The number of thioether (sulfide) groups is 1. The van der Waals surface area contributed by atoms with Gasteiger partial charge in [-0.05, 0) is 37.3 Å². The number of carboxylic acid groups (broad SMARTS) is 1. The van der Waals surface area contributed by atoms with E-state index >= 15 is 0 Å². The minimum Gasteiger partial charge on any atom is -0.478 e. The van der Waals surface area contributed by atoms with Crippen LogP contribution in [0.4, 0.5) is 5.69 Å². The van der Waals surface area contributed by atoms with Crippen LogP contribution in [0.2, 0.25) is 5.02 Å². The Morgan fingerprint density at radius 2 is 2.15 bits per heavy atom. The maximum Gasteiger partial charge on any atom is 0.335 e. The van der Waals surface area contributed by atoms with E-state index in [4.69, 9.17) is 21.1 Å². The van der Waals surface area contributed by atoms with Gasteiger partial charge in [0.2, 0.25) is 5.91 Å². The van der Waals surface area contributed by atoms with Crippen molar-refractivity contribution in [3.63, 3.8) is 0 Å². The molecule has 0 radical (unpaired) electrons. The summed E-state index contributed by atoms with van der Waals surface area (Å²) < 4.78 is 7.19. The summed E-state index contributed by atoms with van der Waals surface area (Å²) in [5.74, 6) is -0.197. The van der Waals surface area contributed by atoms with Crippen molar-refractivity contribution in [3.05, 3.63) is 47.2 Å². The van der Waals surface area contributed by atoms with Crippen LogP contribution in [0.5, 0.6) is 0 Å². The Morgan fingerprint density at radius 3 is 2.81 bits per heavy atom. The Morgan fingerprint density at radius 1 is 1.33 bits per heavy atom. The molecule has 3 aromatic rings. The van der Waals surface area contributed by atoms with Gasteiger partial charge in [0.1, 0.15) is 0 Å². The van der Waals surface area contributed by atoms with Crippen LogP contribution in [0.3, 0.4) is 0 Å². The zero-order chi connectivity index (χ0) is 19.4. The van der Waals surface area contributed by atoms with Crippen LogP contribution in [-0.4, -0.2) is 37.5 Å². The first-order valence-electron chi connectivity index (χ1n) is 7.92. The molecule has 0 saturated carbocycles. The number of hydrogen-bond donors (Lipinski definition) is 2. The van der Waals surface area contributed by atoms with Crippen LogP contribution in [0.1, 0.15) is 17.3 Å². The predicted octanol–water partition coefficient (Wildman–Crippen LogP) is 3.64. The standard InChI is InChI=1S/C17H15ClN4O4S/c1-2-22-15(13-4-3-7-26-13)20-21-17(22)27-9-14(23)19-12-8-10(16(24)25)5-6-11(12)18/h3-8H,2,9H2,1H3,(H,19,23)(H,24,25). The number of aromatic carboxylic acids is 1. The Labute approximate surface area is 163 Å². The molecule has 0 atom stereocenters. The minimum absolute atomic E-state index is 0.0381. The summed E-state index contributed by atoms with van der Waals surface area (Å²) in [6, 6.07) is 7.66. The summed E-state index contributed by atoms with van der Waals surface area (Å²) in [4.78, 5) is 23.3. The highest BCUT2D eigenvalue weighted by molar-refractivity contribution is 7.99. The number of hydrogen-bond acceptors (Lipinski definition) is 6. The van der Waals surface area contributed by atoms with Crippen molar-refractivity contribution in [2.24, 2.45) is 0 Å². The third-order valence-corrected chi connectivity index (χ3v) is 4.89. The van der Waals surface area contributed by atoms with E-state index in [9.17, 15) is 9.59 Å². The van der Waals surface area contributed by atoms with Crippen molar-refractivity contribution < 1.29 is 19.1 Å². The number of furan rings is 1. The molecule has 0 bridgehead atoms. The molecule has 1 aromatic carbocycles. The summed E-state index contributed by atoms with van der Waals surface area (Å²) in [7, 11) is 0. The second-order valence-electron chi connectivity index (χ2n) is 5.36. The number of aromatic nitrogens is 3. The SMILES string of the molecule is CCn1c(SCC(=O)Nc2cc(C(=O)O)ccc2Cl)nnc1-c1ccco1. The van der Waals surface area contributed by atoms with Crippen LogP contribution in [0.25, 0.3) is 11.6 Å². The molecule has 3 rings (SSSR count). The Kier molecular flexibility index (Phi) is 5.82. The van der Waals surface area contributed by atoms with Crippen molar-refractivity contribution in [2.45, 2.75) is 18.6 Å². The van der Waals surface area contributed by atoms with E-state index in [-0.39, 0.29) is 27.9 Å². The number of anilines is 1. The molecule has 140 valence electrons. The average molecular weight is 407 g/mol. The number of halogens is 1. The van der Waals surface area contributed by atoms with Crippen LogP contribution >= 0.6 is 23.4 Å². The molecule has 0 aliphatic carbocycles. The molecule has 0 saturated heterocycles. The van der Waals surface area contributed by atoms with Crippen LogP contribution < -0.4 is 5.32 Å². The van der Waals surface area contributed by atoms with Gasteiger partial charge in [-0.15, -0.1) is 10.2 Å². The number of carbonyl (C=O) groups excluding carboxylic acids is 1. The fourth-order valence-electron chi connectivity index (χ4n) is 2.34. The summed E-state index contributed by atoms with van der Waals surface area (Å²) in [6.07, 6.45) is 1.55. The molecule has 10 heteroatoms. The predicted molar refractivity (Wildman–Crippen MR) is 101 cm³/mol. The number of benzene rings is 1. The Balaban J connectivity index is 1.68. The van der Waals surface area contributed by atoms with E-state index in [1.807, 2.05) is 11.5 Å². The van der Waals surface area contributed by atoms with E-state index in [2.05, 4.69) is 15.5 Å². The molecular weight excluding hydrogens is 392 g/mol. The highest BCUT2D eigenvalue weighted by Gasteiger charge is 2.17. The van der Waals surface area contributed by atoms with E-state index in [1.54, 1.807) is 18.4 Å². The smallest absolute Gasteiger partial charge is 0.335 e. The lowest BCUT2D eigenvalue weighted by atomic mass is 10.2. The van der Waals surface area contributed by atoms with Gasteiger partial charge in [-0.3, -0.25) is 9.36 Å². The number of carbonyl (C=O) groups is 2. The third kappa shape index (κ3) is 4.32. The highest BCUT2D eigenvalue weighted by atomic mass is 35.5. The fourth-order valence-corrected chi connectivity index (χ4v) is 3.31. The zero-order valence-corrected chi connectivity index (χ0v) is 15.8. The minimum atomic E-state index is -1.10. The number of carboxylic acids is 1. The zero-order valence-electron chi connectivity index (χ0n) is 14.2. The van der Waals surface area contributed by atoms with Gasteiger partial charge in [0.05, 0.1) is 28.3 Å². The Bertz CT molecular complexity index is 971. The second-order valence-corrected chi connectivity index (χ2v) is 6.71. The van der Waals surface area contributed by atoms with Crippen molar-refractivity contribution in [3.8, 4) is 11.6 Å². The first kappa shape index (κ1) is 19.0. The molecule has 0 fully saturated rings. The maximum absolute atomic E-state index is 12.2. The summed E-state index contributed by atoms with van der Waals surface area (Å²) in [6.45, 7) is 2.55. The topological polar surface area (TPSA) is 110 Å². The molecule has 2 N–H and O–H groups in total. The number of nitrogens with one attached hydrogen (secondary N) is 1. The van der Waals surface area contributed by atoms with Gasteiger partial charge >= 0.3 is 5.97 Å². The summed E-state index contributed by atoms with van der Waals surface area (Å²) >= 11 is 7.23. The monoisotopic (exact) mass is 406 g/mol. The summed E-state index contributed by atoms with van der Waals surface area (Å²) in [5, 5.41) is 20.7. The fraction of sp³-hybridized carbons (Fsp3) is 0.176. The molecule has 8 nitrogen and oxygen atoms in total. The van der Waals surface area contributed by atoms with Crippen molar-refractivity contribution in [2.75, 3.05) is 11.1 Å². The largest absolute Gasteiger partial charge is 0.478 e. The highest BCUT2D eigenvalue weighted by Crippen LogP contribution is 2.26. The van der Waals surface area contributed by atoms with Crippen LogP contribution in [0.15, 0.2) is 46.2 Å². The number of amides is 1. The van der Waals surface area contributed by atoms with Gasteiger partial charge in [-0.1, -0.05) is 23.4 Å². The molecule has 2 aromatic heterocycles. The lowest BCUT2D eigenvalue weighted by molar-refractivity contribution is -0.113. The molecule has 0 spiro atoms. The first-order valence-corrected chi connectivity index (χ1v) is 9.28. The van der Waals surface area contributed by atoms with E-state index < -0.39 is 5.97 Å². The number of rotatable bonds is 7. The molecule has 0 aliphatic rings. The van der Waals surface area contributed by atoms with Gasteiger partial charge in [-0.25, -0.2) is 4.79 Å².